The van der Waals surface area contributed by atoms with Crippen molar-refractivity contribution in [3.05, 3.63) is 6.04 Å². The molecular formula is C9H20N. The molecule has 0 aliphatic carbocycles. The van der Waals surface area contributed by atoms with Gasteiger partial charge in [-0.15, -0.1) is 0 Å². The lowest BCUT2D eigenvalue weighted by molar-refractivity contribution is 0.626. The van der Waals surface area contributed by atoms with Gasteiger partial charge in [0.2, 0.25) is 0 Å². The van der Waals surface area contributed by atoms with E-state index in [4.69, 9.17) is 5.73 Å². The second-order valence-corrected chi connectivity index (χ2v) is 2.87. The SMILES string of the molecule is CCCC[C](N)CCCC. The minimum Gasteiger partial charge on any atom is -0.324 e. The summed E-state index contributed by atoms with van der Waals surface area (Å²) in [6.45, 7) is 4.40. The normalized spacial score (nSPS) is 10.8. The molecule has 0 aromatic carbocycles. The molecule has 61 valence electrons. The van der Waals surface area contributed by atoms with Crippen molar-refractivity contribution in [1.29, 1.82) is 0 Å². The summed E-state index contributed by atoms with van der Waals surface area (Å²) in [5, 5.41) is 0. The van der Waals surface area contributed by atoms with Crippen molar-refractivity contribution in [3.63, 3.8) is 0 Å². The Morgan fingerprint density at radius 2 is 1.40 bits per heavy atom. The van der Waals surface area contributed by atoms with Gasteiger partial charge in [0, 0.05) is 6.04 Å². The molecule has 0 amide bonds. The van der Waals surface area contributed by atoms with Crippen molar-refractivity contribution in [1.82, 2.24) is 0 Å². The lowest BCUT2D eigenvalue weighted by Crippen LogP contribution is -2.08. The van der Waals surface area contributed by atoms with Gasteiger partial charge in [0.25, 0.3) is 0 Å². The van der Waals surface area contributed by atoms with E-state index in [1.807, 2.05) is 0 Å². The maximum absolute atomic E-state index is 5.76. The molecule has 0 aromatic rings. The molecule has 1 heteroatoms. The monoisotopic (exact) mass is 142 g/mol. The molecule has 2 N–H and O–H groups in total. The van der Waals surface area contributed by atoms with E-state index in [0.29, 0.717) is 0 Å². The number of nitrogens with two attached hydrogens (primary N) is 1. The lowest BCUT2D eigenvalue weighted by Gasteiger charge is -2.07. The molecule has 0 heterocycles. The van der Waals surface area contributed by atoms with Gasteiger partial charge in [-0.05, 0) is 12.8 Å². The molecule has 10 heavy (non-hydrogen) atoms. The van der Waals surface area contributed by atoms with Gasteiger partial charge in [-0.3, -0.25) is 0 Å². The van der Waals surface area contributed by atoms with Gasteiger partial charge in [-0.25, -0.2) is 0 Å². The second kappa shape index (κ2) is 7.07. The minimum absolute atomic E-state index is 1.14. The molecule has 0 saturated carbocycles. The summed E-state index contributed by atoms with van der Waals surface area (Å²) in [6.07, 6.45) is 7.30. The van der Waals surface area contributed by atoms with Crippen LogP contribution < -0.4 is 5.73 Å². The lowest BCUT2D eigenvalue weighted by atomic mass is 10.1. The van der Waals surface area contributed by atoms with Gasteiger partial charge in [0.1, 0.15) is 0 Å². The smallest absolute Gasteiger partial charge is 0.0336 e. The van der Waals surface area contributed by atoms with Gasteiger partial charge in [0.05, 0.1) is 0 Å². The molecule has 0 spiro atoms. The maximum Gasteiger partial charge on any atom is 0.0336 e. The van der Waals surface area contributed by atoms with Crippen LogP contribution in [0.1, 0.15) is 52.4 Å². The standard InChI is InChI=1S/C9H20N/c1-3-5-7-9(10)8-6-4-2/h3-8,10H2,1-2H3. The number of hydrogen-bond acceptors (Lipinski definition) is 1. The Morgan fingerprint density at radius 1 is 1.00 bits per heavy atom. The van der Waals surface area contributed by atoms with Crippen LogP contribution in [0.25, 0.3) is 0 Å². The largest absolute Gasteiger partial charge is 0.324 e. The van der Waals surface area contributed by atoms with Crippen LogP contribution in [0, 0.1) is 6.04 Å². The summed E-state index contributed by atoms with van der Waals surface area (Å²) in [5.41, 5.74) is 5.76. The van der Waals surface area contributed by atoms with Crippen LogP contribution in [0.15, 0.2) is 0 Å². The zero-order valence-corrected chi connectivity index (χ0v) is 7.32. The van der Waals surface area contributed by atoms with Crippen molar-refractivity contribution >= 4 is 0 Å². The van der Waals surface area contributed by atoms with E-state index in [2.05, 4.69) is 13.8 Å². The van der Waals surface area contributed by atoms with Crippen LogP contribution >= 0.6 is 0 Å². The van der Waals surface area contributed by atoms with Crippen molar-refractivity contribution in [2.75, 3.05) is 0 Å². The molecule has 0 bridgehead atoms. The van der Waals surface area contributed by atoms with Gasteiger partial charge < -0.3 is 5.73 Å². The van der Waals surface area contributed by atoms with Crippen LogP contribution in [0.4, 0.5) is 0 Å². The predicted molar refractivity (Wildman–Crippen MR) is 46.5 cm³/mol. The highest BCUT2D eigenvalue weighted by Crippen LogP contribution is 2.11. The zero-order chi connectivity index (χ0) is 7.82. The predicted octanol–water partition coefficient (Wildman–Crippen LogP) is 2.86. The first-order valence-corrected chi connectivity index (χ1v) is 4.41. The van der Waals surface area contributed by atoms with Crippen molar-refractivity contribution < 1.29 is 0 Å². The Morgan fingerprint density at radius 3 is 1.70 bits per heavy atom. The topological polar surface area (TPSA) is 26.0 Å². The number of rotatable bonds is 6. The fraction of sp³-hybridized carbons (Fsp3) is 0.889. The molecule has 0 aromatic heterocycles. The molecule has 1 nitrogen and oxygen atoms in total. The molecule has 0 saturated heterocycles. The fourth-order valence-corrected chi connectivity index (χ4v) is 0.933. The number of hydrogen-bond donors (Lipinski definition) is 1. The molecule has 0 atom stereocenters. The second-order valence-electron chi connectivity index (χ2n) is 2.87. The van der Waals surface area contributed by atoms with Crippen LogP contribution in [0.2, 0.25) is 0 Å². The first kappa shape index (κ1) is 9.96. The molecule has 0 aliphatic rings. The maximum atomic E-state index is 5.76. The molecule has 0 rings (SSSR count). The average Bonchev–Trinajstić information content (AvgIpc) is 1.97. The van der Waals surface area contributed by atoms with Gasteiger partial charge in [-0.1, -0.05) is 39.5 Å². The van der Waals surface area contributed by atoms with Crippen molar-refractivity contribution in [2.24, 2.45) is 5.73 Å². The zero-order valence-electron chi connectivity index (χ0n) is 7.32. The molecule has 0 unspecified atom stereocenters. The van der Waals surface area contributed by atoms with Gasteiger partial charge >= 0.3 is 0 Å². The van der Waals surface area contributed by atoms with Gasteiger partial charge in [0.15, 0.2) is 0 Å². The van der Waals surface area contributed by atoms with Crippen LogP contribution in [0.5, 0.6) is 0 Å². The molecular weight excluding hydrogens is 122 g/mol. The summed E-state index contributed by atoms with van der Waals surface area (Å²) in [4.78, 5) is 0. The van der Waals surface area contributed by atoms with Crippen molar-refractivity contribution in [2.45, 2.75) is 52.4 Å². The van der Waals surface area contributed by atoms with E-state index < -0.39 is 0 Å². The first-order valence-electron chi connectivity index (χ1n) is 4.41. The van der Waals surface area contributed by atoms with Crippen LogP contribution in [-0.2, 0) is 0 Å². The van der Waals surface area contributed by atoms with Crippen LogP contribution in [-0.4, -0.2) is 0 Å². The third-order valence-corrected chi connectivity index (χ3v) is 1.70. The highest BCUT2D eigenvalue weighted by atomic mass is 14.6. The quantitative estimate of drug-likeness (QED) is 0.606. The molecule has 1 radical (unpaired) electrons. The highest BCUT2D eigenvalue weighted by molar-refractivity contribution is 4.80. The first-order chi connectivity index (χ1) is 4.81. The summed E-state index contributed by atoms with van der Waals surface area (Å²) in [5.74, 6) is 0. The van der Waals surface area contributed by atoms with E-state index in [9.17, 15) is 0 Å². The summed E-state index contributed by atoms with van der Waals surface area (Å²) < 4.78 is 0. The Bertz CT molecular complexity index is 53.7. The van der Waals surface area contributed by atoms with E-state index in [1.165, 1.54) is 31.7 Å². The highest BCUT2D eigenvalue weighted by Gasteiger charge is 2.00. The Kier molecular flexibility index (Phi) is 7.04. The van der Waals surface area contributed by atoms with Crippen LogP contribution in [0.3, 0.4) is 0 Å². The fourth-order valence-electron chi connectivity index (χ4n) is 0.933. The van der Waals surface area contributed by atoms with Crippen molar-refractivity contribution in [3.8, 4) is 0 Å². The summed E-state index contributed by atoms with van der Waals surface area (Å²) in [7, 11) is 0. The third kappa shape index (κ3) is 6.09. The minimum atomic E-state index is 1.14. The van der Waals surface area contributed by atoms with Gasteiger partial charge in [-0.2, -0.15) is 0 Å². The Balaban J connectivity index is 3.00. The van der Waals surface area contributed by atoms with E-state index in [-0.39, 0.29) is 0 Å². The number of unbranched alkanes of at least 4 members (excludes halogenated alkanes) is 2. The van der Waals surface area contributed by atoms with E-state index >= 15 is 0 Å². The summed E-state index contributed by atoms with van der Waals surface area (Å²) in [6, 6.07) is 1.20. The molecule has 0 fully saturated rings. The third-order valence-electron chi connectivity index (χ3n) is 1.70. The average molecular weight is 142 g/mol. The van der Waals surface area contributed by atoms with E-state index in [0.717, 1.165) is 12.8 Å². The molecule has 0 aliphatic heterocycles. The Hall–Kier alpha value is -0.0400. The summed E-state index contributed by atoms with van der Waals surface area (Å²) >= 11 is 0. The Labute approximate surface area is 65.0 Å². The van der Waals surface area contributed by atoms with E-state index in [1.54, 1.807) is 0 Å².